The van der Waals surface area contributed by atoms with E-state index in [1.165, 1.54) is 30.3 Å². The fourth-order valence-electron chi connectivity index (χ4n) is 3.31. The van der Waals surface area contributed by atoms with Gasteiger partial charge in [-0.1, -0.05) is 48.5 Å². The standard InChI is InChI=1S/C25H17FO5/c1-15-22(28)18-11-7-12-19(24(18)31-23(15)16-8-3-2-4-9-16)25(29)30-14-21(27)17-10-5-6-13-20(17)26/h2-13H,14H2,1H3. The van der Waals surface area contributed by atoms with Crippen molar-refractivity contribution in [3.8, 4) is 11.3 Å². The number of halogens is 1. The van der Waals surface area contributed by atoms with Crippen molar-refractivity contribution in [3.05, 3.63) is 106 Å². The normalized spacial score (nSPS) is 10.8. The summed E-state index contributed by atoms with van der Waals surface area (Å²) in [7, 11) is 0. The summed E-state index contributed by atoms with van der Waals surface area (Å²) in [6, 6.07) is 19.1. The maximum Gasteiger partial charge on any atom is 0.342 e. The highest BCUT2D eigenvalue weighted by atomic mass is 19.1. The summed E-state index contributed by atoms with van der Waals surface area (Å²) in [5.41, 5.74) is 0.753. The van der Waals surface area contributed by atoms with Gasteiger partial charge in [-0.25, -0.2) is 9.18 Å². The van der Waals surface area contributed by atoms with Crippen molar-refractivity contribution in [3.63, 3.8) is 0 Å². The molecule has 0 saturated carbocycles. The SMILES string of the molecule is Cc1c(-c2ccccc2)oc2c(C(=O)OCC(=O)c3ccccc3F)cccc2c1=O. The first kappa shape index (κ1) is 20.2. The van der Waals surface area contributed by atoms with Crippen LogP contribution >= 0.6 is 0 Å². The number of rotatable bonds is 5. The summed E-state index contributed by atoms with van der Waals surface area (Å²) in [4.78, 5) is 37.8. The van der Waals surface area contributed by atoms with Crippen LogP contribution in [0.1, 0.15) is 26.3 Å². The number of hydrogen-bond acceptors (Lipinski definition) is 5. The summed E-state index contributed by atoms with van der Waals surface area (Å²) >= 11 is 0. The lowest BCUT2D eigenvalue weighted by molar-refractivity contribution is 0.0474. The highest BCUT2D eigenvalue weighted by Gasteiger charge is 2.20. The average Bonchev–Trinajstić information content (AvgIpc) is 2.80. The number of ether oxygens (including phenoxy) is 1. The number of fused-ring (bicyclic) bond motifs is 1. The molecule has 1 aromatic heterocycles. The van der Waals surface area contributed by atoms with Gasteiger partial charge in [0.25, 0.3) is 0 Å². The van der Waals surface area contributed by atoms with E-state index in [0.29, 0.717) is 16.9 Å². The minimum atomic E-state index is -0.846. The molecule has 0 aliphatic rings. The molecule has 1 heterocycles. The third-order valence-corrected chi connectivity index (χ3v) is 4.91. The fraction of sp³-hybridized carbons (Fsp3) is 0.0800. The number of ketones is 1. The quantitative estimate of drug-likeness (QED) is 0.340. The molecule has 154 valence electrons. The Morgan fingerprint density at radius 3 is 2.32 bits per heavy atom. The lowest BCUT2D eigenvalue weighted by Crippen LogP contribution is -2.16. The molecule has 0 radical (unpaired) electrons. The Labute approximate surface area is 176 Å². The predicted molar refractivity (Wildman–Crippen MR) is 114 cm³/mol. The number of Topliss-reactive ketones (excluding diaryl/α,β-unsaturated/α-hetero) is 1. The molecule has 31 heavy (non-hydrogen) atoms. The summed E-state index contributed by atoms with van der Waals surface area (Å²) in [5.74, 6) is -1.86. The van der Waals surface area contributed by atoms with Crippen molar-refractivity contribution < 1.29 is 23.1 Å². The zero-order valence-electron chi connectivity index (χ0n) is 16.6. The first-order valence-electron chi connectivity index (χ1n) is 9.54. The van der Waals surface area contributed by atoms with E-state index in [-0.39, 0.29) is 27.5 Å². The molecule has 0 bridgehead atoms. The molecule has 4 aromatic rings. The fourth-order valence-corrected chi connectivity index (χ4v) is 3.31. The second kappa shape index (κ2) is 8.36. The van der Waals surface area contributed by atoms with Crippen LogP contribution in [0.25, 0.3) is 22.3 Å². The molecule has 6 heteroatoms. The zero-order valence-corrected chi connectivity index (χ0v) is 16.6. The van der Waals surface area contributed by atoms with E-state index >= 15 is 0 Å². The van der Waals surface area contributed by atoms with Gasteiger partial charge in [-0.15, -0.1) is 0 Å². The molecular formula is C25H17FO5. The number of benzene rings is 3. The van der Waals surface area contributed by atoms with E-state index in [1.807, 2.05) is 18.2 Å². The second-order valence-electron chi connectivity index (χ2n) is 6.91. The highest BCUT2D eigenvalue weighted by Crippen LogP contribution is 2.27. The van der Waals surface area contributed by atoms with E-state index in [1.54, 1.807) is 25.1 Å². The summed E-state index contributed by atoms with van der Waals surface area (Å²) in [5, 5.41) is 0.229. The van der Waals surface area contributed by atoms with Crippen LogP contribution in [-0.4, -0.2) is 18.4 Å². The minimum absolute atomic E-state index is 0.00751. The van der Waals surface area contributed by atoms with Gasteiger partial charge >= 0.3 is 5.97 Å². The Hall–Kier alpha value is -4.06. The van der Waals surface area contributed by atoms with Crippen molar-refractivity contribution in [2.75, 3.05) is 6.61 Å². The third kappa shape index (κ3) is 3.88. The summed E-state index contributed by atoms with van der Waals surface area (Å²) < 4.78 is 24.9. The van der Waals surface area contributed by atoms with Crippen LogP contribution in [0.3, 0.4) is 0 Å². The molecule has 0 saturated heterocycles. The number of carbonyl (C=O) groups excluding carboxylic acids is 2. The van der Waals surface area contributed by atoms with Gasteiger partial charge in [0.1, 0.15) is 17.1 Å². The van der Waals surface area contributed by atoms with Crippen LogP contribution in [0.5, 0.6) is 0 Å². The van der Waals surface area contributed by atoms with E-state index in [2.05, 4.69) is 0 Å². The second-order valence-corrected chi connectivity index (χ2v) is 6.91. The molecule has 0 aliphatic heterocycles. The molecule has 0 fully saturated rings. The predicted octanol–water partition coefficient (Wildman–Crippen LogP) is 4.95. The van der Waals surface area contributed by atoms with Crippen LogP contribution in [0.2, 0.25) is 0 Å². The van der Waals surface area contributed by atoms with Gasteiger partial charge in [0.15, 0.2) is 17.6 Å². The Kier molecular flexibility index (Phi) is 5.45. The largest absolute Gasteiger partial charge is 0.455 e. The molecule has 0 atom stereocenters. The minimum Gasteiger partial charge on any atom is -0.455 e. The van der Waals surface area contributed by atoms with Crippen LogP contribution in [0, 0.1) is 12.7 Å². The van der Waals surface area contributed by atoms with Crippen LogP contribution < -0.4 is 5.43 Å². The van der Waals surface area contributed by atoms with Gasteiger partial charge < -0.3 is 9.15 Å². The first-order chi connectivity index (χ1) is 15.0. The van der Waals surface area contributed by atoms with Gasteiger partial charge in [0.05, 0.1) is 10.9 Å². The number of hydrogen-bond donors (Lipinski definition) is 0. The topological polar surface area (TPSA) is 73.6 Å². The Balaban J connectivity index is 1.70. The van der Waals surface area contributed by atoms with Crippen molar-refractivity contribution in [2.24, 2.45) is 0 Å². The third-order valence-electron chi connectivity index (χ3n) is 4.91. The maximum absolute atomic E-state index is 13.8. The van der Waals surface area contributed by atoms with E-state index in [4.69, 9.17) is 9.15 Å². The smallest absolute Gasteiger partial charge is 0.342 e. The van der Waals surface area contributed by atoms with Gasteiger partial charge in [-0.05, 0) is 31.2 Å². The van der Waals surface area contributed by atoms with Gasteiger partial charge in [0.2, 0.25) is 5.78 Å². The Bertz CT molecular complexity index is 1360. The lowest BCUT2D eigenvalue weighted by atomic mass is 10.0. The number of esters is 1. The van der Waals surface area contributed by atoms with Crippen molar-refractivity contribution in [1.29, 1.82) is 0 Å². The van der Waals surface area contributed by atoms with Crippen LogP contribution in [-0.2, 0) is 4.74 Å². The Morgan fingerprint density at radius 2 is 1.58 bits per heavy atom. The van der Waals surface area contributed by atoms with Crippen molar-refractivity contribution >= 4 is 22.7 Å². The van der Waals surface area contributed by atoms with E-state index in [0.717, 1.165) is 6.07 Å². The zero-order chi connectivity index (χ0) is 22.0. The van der Waals surface area contributed by atoms with E-state index in [9.17, 15) is 18.8 Å². The molecule has 5 nitrogen and oxygen atoms in total. The molecule has 3 aromatic carbocycles. The average molecular weight is 416 g/mol. The molecule has 0 spiro atoms. The molecule has 0 amide bonds. The van der Waals surface area contributed by atoms with Crippen molar-refractivity contribution in [1.82, 2.24) is 0 Å². The lowest BCUT2D eigenvalue weighted by Gasteiger charge is -2.10. The Morgan fingerprint density at radius 1 is 0.903 bits per heavy atom. The molecule has 0 N–H and O–H groups in total. The van der Waals surface area contributed by atoms with Crippen LogP contribution in [0.15, 0.2) is 82.0 Å². The molecular weight excluding hydrogens is 399 g/mol. The molecule has 0 aliphatic carbocycles. The van der Waals surface area contributed by atoms with Gasteiger partial charge in [-0.3, -0.25) is 9.59 Å². The summed E-state index contributed by atoms with van der Waals surface area (Å²) in [6.45, 7) is 1.02. The van der Waals surface area contributed by atoms with Crippen LogP contribution in [0.4, 0.5) is 4.39 Å². The van der Waals surface area contributed by atoms with E-state index < -0.39 is 24.2 Å². The number of para-hydroxylation sites is 1. The van der Waals surface area contributed by atoms with Gasteiger partial charge in [-0.2, -0.15) is 0 Å². The molecule has 0 unspecified atom stereocenters. The first-order valence-corrected chi connectivity index (χ1v) is 9.54. The monoisotopic (exact) mass is 416 g/mol. The highest BCUT2D eigenvalue weighted by molar-refractivity contribution is 6.04. The van der Waals surface area contributed by atoms with Gasteiger partial charge in [0, 0.05) is 11.1 Å². The summed E-state index contributed by atoms with van der Waals surface area (Å²) in [6.07, 6.45) is 0. The van der Waals surface area contributed by atoms with Crippen molar-refractivity contribution in [2.45, 2.75) is 6.92 Å². The molecule has 4 rings (SSSR count). The maximum atomic E-state index is 13.8. The number of carbonyl (C=O) groups is 2.